The molecule has 1 unspecified atom stereocenters. The smallest absolute Gasteiger partial charge is 0.125 e. The van der Waals surface area contributed by atoms with Crippen molar-refractivity contribution < 1.29 is 9.47 Å². The Morgan fingerprint density at radius 3 is 2.81 bits per heavy atom. The average molecular weight is 291 g/mol. The van der Waals surface area contributed by atoms with Gasteiger partial charge in [-0.3, -0.25) is 0 Å². The third kappa shape index (κ3) is 4.37. The van der Waals surface area contributed by atoms with Gasteiger partial charge < -0.3 is 14.8 Å². The zero-order valence-electron chi connectivity index (χ0n) is 13.9. The van der Waals surface area contributed by atoms with Gasteiger partial charge in [0.1, 0.15) is 17.1 Å². The van der Waals surface area contributed by atoms with Crippen LogP contribution in [0.25, 0.3) is 0 Å². The Morgan fingerprint density at radius 1 is 1.29 bits per heavy atom. The van der Waals surface area contributed by atoms with E-state index in [1.807, 2.05) is 6.07 Å². The molecule has 21 heavy (non-hydrogen) atoms. The molecule has 0 saturated heterocycles. The first kappa shape index (κ1) is 16.2. The first-order chi connectivity index (χ1) is 10.1. The lowest BCUT2D eigenvalue weighted by Gasteiger charge is -2.38. The van der Waals surface area contributed by atoms with E-state index < -0.39 is 0 Å². The normalized spacial score (nSPS) is 19.7. The Balaban J connectivity index is 2.18. The lowest BCUT2D eigenvalue weighted by Crippen LogP contribution is -2.39. The summed E-state index contributed by atoms with van der Waals surface area (Å²) >= 11 is 0. The van der Waals surface area contributed by atoms with Crippen molar-refractivity contribution in [2.45, 2.75) is 65.0 Å². The van der Waals surface area contributed by atoms with Crippen molar-refractivity contribution in [1.82, 2.24) is 5.32 Å². The predicted octanol–water partition coefficient (Wildman–Crippen LogP) is 4.47. The summed E-state index contributed by atoms with van der Waals surface area (Å²) in [5, 5.41) is 3.68. The van der Waals surface area contributed by atoms with E-state index in [1.54, 1.807) is 0 Å². The first-order valence-electron chi connectivity index (χ1n) is 8.25. The van der Waals surface area contributed by atoms with Crippen molar-refractivity contribution in [2.75, 3.05) is 13.2 Å². The van der Waals surface area contributed by atoms with E-state index >= 15 is 0 Å². The summed E-state index contributed by atoms with van der Waals surface area (Å²) in [6, 6.07) is 6.55. The van der Waals surface area contributed by atoms with Gasteiger partial charge in [-0.25, -0.2) is 0 Å². The van der Waals surface area contributed by atoms with Crippen molar-refractivity contribution in [3.05, 3.63) is 23.8 Å². The van der Waals surface area contributed by atoms with Gasteiger partial charge in [-0.2, -0.15) is 0 Å². The maximum atomic E-state index is 6.12. The molecule has 3 nitrogen and oxygen atoms in total. The van der Waals surface area contributed by atoms with Gasteiger partial charge in [0.15, 0.2) is 0 Å². The number of benzene rings is 1. The van der Waals surface area contributed by atoms with Crippen LogP contribution >= 0.6 is 0 Å². The molecule has 0 aromatic heterocycles. The monoisotopic (exact) mass is 291 g/mol. The van der Waals surface area contributed by atoms with Gasteiger partial charge in [-0.1, -0.05) is 20.3 Å². The minimum absolute atomic E-state index is 0.122. The third-order valence-corrected chi connectivity index (χ3v) is 3.83. The quantitative estimate of drug-likeness (QED) is 0.752. The molecule has 0 bridgehead atoms. The van der Waals surface area contributed by atoms with Crippen molar-refractivity contribution in [3.8, 4) is 11.5 Å². The molecule has 1 N–H and O–H groups in total. The van der Waals surface area contributed by atoms with E-state index in [0.717, 1.165) is 37.5 Å². The molecule has 1 heterocycles. The van der Waals surface area contributed by atoms with Crippen LogP contribution in [0, 0.1) is 0 Å². The van der Waals surface area contributed by atoms with Crippen LogP contribution in [0.15, 0.2) is 18.2 Å². The van der Waals surface area contributed by atoms with Crippen LogP contribution < -0.4 is 14.8 Å². The zero-order valence-corrected chi connectivity index (χ0v) is 13.9. The molecule has 2 rings (SSSR count). The van der Waals surface area contributed by atoms with Crippen LogP contribution in [0.3, 0.4) is 0 Å². The zero-order chi connectivity index (χ0) is 15.3. The van der Waals surface area contributed by atoms with Gasteiger partial charge in [0.2, 0.25) is 0 Å². The maximum Gasteiger partial charge on any atom is 0.125 e. The van der Waals surface area contributed by atoms with Crippen LogP contribution in [0.5, 0.6) is 11.5 Å². The Hall–Kier alpha value is -1.22. The average Bonchev–Trinajstić information content (AvgIpc) is 2.44. The number of rotatable bonds is 7. The van der Waals surface area contributed by atoms with E-state index in [1.165, 1.54) is 18.4 Å². The highest BCUT2D eigenvalue weighted by Crippen LogP contribution is 2.41. The van der Waals surface area contributed by atoms with Gasteiger partial charge in [0.25, 0.3) is 0 Å². The molecule has 0 spiro atoms. The standard InChI is InChI=1S/C18H29NO2/c1-5-7-10-19-16-13-18(3,4)21-17-9-8-14(12-15(16)17)20-11-6-2/h8-9,12,16,19H,5-7,10-11,13H2,1-4H3. The number of ether oxygens (including phenoxy) is 2. The van der Waals surface area contributed by atoms with E-state index in [0.29, 0.717) is 6.04 Å². The Labute approximate surface area is 129 Å². The van der Waals surface area contributed by atoms with Crippen LogP contribution in [0.4, 0.5) is 0 Å². The topological polar surface area (TPSA) is 30.5 Å². The van der Waals surface area contributed by atoms with Gasteiger partial charge in [0, 0.05) is 18.0 Å². The van der Waals surface area contributed by atoms with Crippen LogP contribution in [0.2, 0.25) is 0 Å². The lowest BCUT2D eigenvalue weighted by molar-refractivity contribution is 0.0658. The fourth-order valence-electron chi connectivity index (χ4n) is 2.78. The van der Waals surface area contributed by atoms with Crippen LogP contribution in [0.1, 0.15) is 65.0 Å². The summed E-state index contributed by atoms with van der Waals surface area (Å²) in [5.41, 5.74) is 1.11. The second-order valence-corrected chi connectivity index (χ2v) is 6.47. The molecular weight excluding hydrogens is 262 g/mol. The summed E-state index contributed by atoms with van der Waals surface area (Å²) in [4.78, 5) is 0. The van der Waals surface area contributed by atoms with E-state index in [9.17, 15) is 0 Å². The molecule has 1 aromatic carbocycles. The molecule has 0 aliphatic carbocycles. The SMILES string of the molecule is CCCCNC1CC(C)(C)Oc2ccc(OCCC)cc21. The minimum atomic E-state index is -0.122. The maximum absolute atomic E-state index is 6.12. The predicted molar refractivity (Wildman–Crippen MR) is 87.2 cm³/mol. The Morgan fingerprint density at radius 2 is 2.10 bits per heavy atom. The largest absolute Gasteiger partial charge is 0.494 e. The molecule has 1 atom stereocenters. The van der Waals surface area contributed by atoms with E-state index in [-0.39, 0.29) is 5.60 Å². The number of hydrogen-bond acceptors (Lipinski definition) is 3. The molecule has 1 aliphatic rings. The number of fused-ring (bicyclic) bond motifs is 1. The van der Waals surface area contributed by atoms with Crippen molar-refractivity contribution in [3.63, 3.8) is 0 Å². The van der Waals surface area contributed by atoms with Gasteiger partial charge in [-0.05, 0) is 51.4 Å². The van der Waals surface area contributed by atoms with Crippen molar-refractivity contribution in [1.29, 1.82) is 0 Å². The fourth-order valence-corrected chi connectivity index (χ4v) is 2.78. The molecule has 0 fully saturated rings. The summed E-state index contributed by atoms with van der Waals surface area (Å²) in [6.45, 7) is 10.5. The van der Waals surface area contributed by atoms with E-state index in [4.69, 9.17) is 9.47 Å². The first-order valence-corrected chi connectivity index (χ1v) is 8.25. The minimum Gasteiger partial charge on any atom is -0.494 e. The van der Waals surface area contributed by atoms with Gasteiger partial charge in [-0.15, -0.1) is 0 Å². The second-order valence-electron chi connectivity index (χ2n) is 6.47. The molecule has 0 saturated carbocycles. The summed E-state index contributed by atoms with van der Waals surface area (Å²) < 4.78 is 11.9. The highest BCUT2D eigenvalue weighted by molar-refractivity contribution is 5.44. The number of nitrogens with one attached hydrogen (secondary N) is 1. The number of hydrogen-bond donors (Lipinski definition) is 1. The van der Waals surface area contributed by atoms with Crippen LogP contribution in [-0.4, -0.2) is 18.8 Å². The highest BCUT2D eigenvalue weighted by Gasteiger charge is 2.33. The molecule has 1 aromatic rings. The second kappa shape index (κ2) is 7.17. The van der Waals surface area contributed by atoms with E-state index in [2.05, 4.69) is 45.1 Å². The highest BCUT2D eigenvalue weighted by atomic mass is 16.5. The van der Waals surface area contributed by atoms with Crippen LogP contribution in [-0.2, 0) is 0 Å². The van der Waals surface area contributed by atoms with Crippen molar-refractivity contribution in [2.24, 2.45) is 0 Å². The van der Waals surface area contributed by atoms with Gasteiger partial charge >= 0.3 is 0 Å². The summed E-state index contributed by atoms with van der Waals surface area (Å²) in [5.74, 6) is 1.94. The molecule has 1 aliphatic heterocycles. The van der Waals surface area contributed by atoms with Crippen molar-refractivity contribution >= 4 is 0 Å². The van der Waals surface area contributed by atoms with Gasteiger partial charge in [0.05, 0.1) is 6.61 Å². The number of unbranched alkanes of at least 4 members (excludes halogenated alkanes) is 1. The molecular formula is C18H29NO2. The molecule has 118 valence electrons. The fraction of sp³-hybridized carbons (Fsp3) is 0.667. The Bertz CT molecular complexity index is 457. The molecule has 3 heteroatoms. The molecule has 0 radical (unpaired) electrons. The Kier molecular flexibility index (Phi) is 5.51. The summed E-state index contributed by atoms with van der Waals surface area (Å²) in [7, 11) is 0. The third-order valence-electron chi connectivity index (χ3n) is 3.83. The molecule has 0 amide bonds. The summed E-state index contributed by atoms with van der Waals surface area (Å²) in [6.07, 6.45) is 4.44. The lowest BCUT2D eigenvalue weighted by atomic mass is 9.89.